The molecular weight excluding hydrogens is 174 g/mol. The highest BCUT2D eigenvalue weighted by Gasteiger charge is 2.23. The standard InChI is InChI=1S/C12H25NO/c1-4-5-10(2)9-13-11-6-7-12(8-11)14-3/h10-13H,4-9H2,1-3H3. The molecule has 0 radical (unpaired) electrons. The molecular formula is C12H25NO. The monoisotopic (exact) mass is 199 g/mol. The molecule has 3 unspecified atom stereocenters. The molecule has 1 saturated carbocycles. The largest absolute Gasteiger partial charge is 0.381 e. The van der Waals surface area contributed by atoms with Crippen LogP contribution in [-0.4, -0.2) is 25.8 Å². The highest BCUT2D eigenvalue weighted by molar-refractivity contribution is 4.81. The van der Waals surface area contributed by atoms with Crippen LogP contribution in [0.4, 0.5) is 0 Å². The minimum atomic E-state index is 0.508. The molecule has 0 amide bonds. The molecule has 1 fully saturated rings. The van der Waals surface area contributed by atoms with Crippen molar-refractivity contribution in [3.8, 4) is 0 Å². The quantitative estimate of drug-likeness (QED) is 0.710. The van der Waals surface area contributed by atoms with Crippen LogP contribution >= 0.6 is 0 Å². The molecule has 84 valence electrons. The summed E-state index contributed by atoms with van der Waals surface area (Å²) in [6.07, 6.45) is 6.87. The average molecular weight is 199 g/mol. The van der Waals surface area contributed by atoms with Crippen LogP contribution in [0.5, 0.6) is 0 Å². The summed E-state index contributed by atoms with van der Waals surface area (Å²) in [5.41, 5.74) is 0. The average Bonchev–Trinajstić information content (AvgIpc) is 2.63. The minimum absolute atomic E-state index is 0.508. The Bertz CT molecular complexity index is 149. The Hall–Kier alpha value is -0.0800. The van der Waals surface area contributed by atoms with Gasteiger partial charge in [0.1, 0.15) is 0 Å². The predicted molar refractivity (Wildman–Crippen MR) is 60.5 cm³/mol. The third-order valence-electron chi connectivity index (χ3n) is 3.25. The van der Waals surface area contributed by atoms with Gasteiger partial charge in [0.2, 0.25) is 0 Å². The molecule has 0 aliphatic heterocycles. The fourth-order valence-corrected chi connectivity index (χ4v) is 2.30. The van der Waals surface area contributed by atoms with Crippen LogP contribution in [0.3, 0.4) is 0 Å². The number of nitrogens with one attached hydrogen (secondary N) is 1. The number of hydrogen-bond acceptors (Lipinski definition) is 2. The molecule has 0 aromatic rings. The Labute approximate surface area is 88.4 Å². The summed E-state index contributed by atoms with van der Waals surface area (Å²) in [4.78, 5) is 0. The van der Waals surface area contributed by atoms with Gasteiger partial charge in [-0.25, -0.2) is 0 Å². The van der Waals surface area contributed by atoms with Crippen molar-refractivity contribution in [3.63, 3.8) is 0 Å². The van der Waals surface area contributed by atoms with E-state index in [4.69, 9.17) is 4.74 Å². The predicted octanol–water partition coefficient (Wildman–Crippen LogP) is 2.58. The van der Waals surface area contributed by atoms with Crippen LogP contribution in [0.1, 0.15) is 46.0 Å². The molecule has 0 saturated heterocycles. The van der Waals surface area contributed by atoms with Gasteiger partial charge in [-0.05, 0) is 38.1 Å². The van der Waals surface area contributed by atoms with E-state index in [-0.39, 0.29) is 0 Å². The summed E-state index contributed by atoms with van der Waals surface area (Å²) in [5, 5.41) is 3.65. The van der Waals surface area contributed by atoms with Crippen molar-refractivity contribution < 1.29 is 4.74 Å². The van der Waals surface area contributed by atoms with Crippen LogP contribution in [0.15, 0.2) is 0 Å². The molecule has 0 spiro atoms. The van der Waals surface area contributed by atoms with Crippen molar-refractivity contribution in [3.05, 3.63) is 0 Å². The Balaban J connectivity index is 2.07. The van der Waals surface area contributed by atoms with Crippen molar-refractivity contribution in [1.29, 1.82) is 0 Å². The van der Waals surface area contributed by atoms with Crippen molar-refractivity contribution >= 4 is 0 Å². The van der Waals surface area contributed by atoms with E-state index in [9.17, 15) is 0 Å². The lowest BCUT2D eigenvalue weighted by atomic mass is 10.1. The molecule has 3 atom stereocenters. The first kappa shape index (κ1) is 12.0. The molecule has 1 aliphatic rings. The van der Waals surface area contributed by atoms with Crippen LogP contribution in [-0.2, 0) is 4.74 Å². The van der Waals surface area contributed by atoms with Crippen LogP contribution < -0.4 is 5.32 Å². The Kier molecular flexibility index (Phi) is 5.49. The van der Waals surface area contributed by atoms with E-state index in [1.165, 1.54) is 38.6 Å². The Morgan fingerprint density at radius 2 is 2.21 bits per heavy atom. The van der Waals surface area contributed by atoms with Gasteiger partial charge in [0.25, 0.3) is 0 Å². The van der Waals surface area contributed by atoms with Gasteiger partial charge in [0, 0.05) is 13.2 Å². The summed E-state index contributed by atoms with van der Waals surface area (Å²) < 4.78 is 5.36. The lowest BCUT2D eigenvalue weighted by Gasteiger charge is -2.16. The molecule has 1 aliphatic carbocycles. The van der Waals surface area contributed by atoms with Gasteiger partial charge in [0.05, 0.1) is 6.10 Å². The number of rotatable bonds is 6. The number of methoxy groups -OCH3 is 1. The second-order valence-corrected chi connectivity index (χ2v) is 4.67. The van der Waals surface area contributed by atoms with Crippen LogP contribution in [0.25, 0.3) is 0 Å². The Morgan fingerprint density at radius 1 is 1.43 bits per heavy atom. The first-order chi connectivity index (χ1) is 6.76. The van der Waals surface area contributed by atoms with Gasteiger partial charge >= 0.3 is 0 Å². The smallest absolute Gasteiger partial charge is 0.0586 e. The summed E-state index contributed by atoms with van der Waals surface area (Å²) in [6, 6.07) is 0.708. The van der Waals surface area contributed by atoms with Gasteiger partial charge in [-0.15, -0.1) is 0 Å². The first-order valence-corrected chi connectivity index (χ1v) is 6.02. The SMILES string of the molecule is CCCC(C)CNC1CCC(OC)C1. The number of ether oxygens (including phenoxy) is 1. The lowest BCUT2D eigenvalue weighted by molar-refractivity contribution is 0.107. The zero-order valence-corrected chi connectivity index (χ0v) is 9.88. The maximum atomic E-state index is 5.36. The van der Waals surface area contributed by atoms with E-state index in [0.29, 0.717) is 12.1 Å². The molecule has 1 N–H and O–H groups in total. The van der Waals surface area contributed by atoms with Crippen LogP contribution in [0.2, 0.25) is 0 Å². The van der Waals surface area contributed by atoms with Crippen molar-refractivity contribution in [2.75, 3.05) is 13.7 Å². The number of hydrogen-bond donors (Lipinski definition) is 1. The fraction of sp³-hybridized carbons (Fsp3) is 1.00. The Morgan fingerprint density at radius 3 is 2.79 bits per heavy atom. The van der Waals surface area contributed by atoms with Crippen molar-refractivity contribution in [1.82, 2.24) is 5.32 Å². The second kappa shape index (κ2) is 6.41. The lowest BCUT2D eigenvalue weighted by Crippen LogP contribution is -2.31. The maximum Gasteiger partial charge on any atom is 0.0586 e. The molecule has 1 rings (SSSR count). The molecule has 14 heavy (non-hydrogen) atoms. The van der Waals surface area contributed by atoms with E-state index in [2.05, 4.69) is 19.2 Å². The zero-order valence-electron chi connectivity index (χ0n) is 9.88. The van der Waals surface area contributed by atoms with Gasteiger partial charge in [0.15, 0.2) is 0 Å². The highest BCUT2D eigenvalue weighted by atomic mass is 16.5. The van der Waals surface area contributed by atoms with Gasteiger partial charge in [-0.3, -0.25) is 0 Å². The summed E-state index contributed by atoms with van der Waals surface area (Å²) in [6.45, 7) is 5.77. The topological polar surface area (TPSA) is 21.3 Å². The second-order valence-electron chi connectivity index (χ2n) is 4.67. The van der Waals surface area contributed by atoms with Crippen LogP contribution in [0, 0.1) is 5.92 Å². The van der Waals surface area contributed by atoms with E-state index < -0.39 is 0 Å². The molecule has 0 aromatic carbocycles. The minimum Gasteiger partial charge on any atom is -0.381 e. The molecule has 2 nitrogen and oxygen atoms in total. The molecule has 0 bridgehead atoms. The van der Waals surface area contributed by atoms with Crippen molar-refractivity contribution in [2.24, 2.45) is 5.92 Å². The highest BCUT2D eigenvalue weighted by Crippen LogP contribution is 2.21. The fourth-order valence-electron chi connectivity index (χ4n) is 2.30. The van der Waals surface area contributed by atoms with E-state index in [1.54, 1.807) is 0 Å². The van der Waals surface area contributed by atoms with E-state index >= 15 is 0 Å². The van der Waals surface area contributed by atoms with Crippen molar-refractivity contribution in [2.45, 2.75) is 58.1 Å². The van der Waals surface area contributed by atoms with E-state index in [1.807, 2.05) is 7.11 Å². The molecule has 2 heteroatoms. The summed E-state index contributed by atoms with van der Waals surface area (Å²) in [7, 11) is 1.83. The first-order valence-electron chi connectivity index (χ1n) is 6.02. The summed E-state index contributed by atoms with van der Waals surface area (Å²) >= 11 is 0. The maximum absolute atomic E-state index is 5.36. The third-order valence-corrected chi connectivity index (χ3v) is 3.25. The van der Waals surface area contributed by atoms with Gasteiger partial charge in [-0.2, -0.15) is 0 Å². The zero-order chi connectivity index (χ0) is 10.4. The molecule has 0 aromatic heterocycles. The normalized spacial score (nSPS) is 29.4. The molecule has 0 heterocycles. The van der Waals surface area contributed by atoms with Gasteiger partial charge in [-0.1, -0.05) is 20.3 Å². The summed E-state index contributed by atoms with van der Waals surface area (Å²) in [5.74, 6) is 0.821. The van der Waals surface area contributed by atoms with E-state index in [0.717, 1.165) is 5.92 Å². The third kappa shape index (κ3) is 3.97. The van der Waals surface area contributed by atoms with Gasteiger partial charge < -0.3 is 10.1 Å².